The Hall–Kier alpha value is -2.96. The summed E-state index contributed by atoms with van der Waals surface area (Å²) in [5.74, 6) is 1.39. The van der Waals surface area contributed by atoms with Gasteiger partial charge in [0.25, 0.3) is 0 Å². The summed E-state index contributed by atoms with van der Waals surface area (Å²) in [4.78, 5) is 15.2. The Morgan fingerprint density at radius 2 is 2.05 bits per heavy atom. The van der Waals surface area contributed by atoms with Gasteiger partial charge in [-0.2, -0.15) is 5.10 Å². The Bertz CT molecular complexity index is 734. The molecule has 20 heavy (non-hydrogen) atoms. The van der Waals surface area contributed by atoms with Crippen LogP contribution in [0, 0.1) is 0 Å². The highest BCUT2D eigenvalue weighted by atomic mass is 16.5. The molecule has 2 heterocycles. The SMILES string of the molecule is COc1ccc(C=NNc2ncnc3nc[nH]c23)cc1. The van der Waals surface area contributed by atoms with E-state index in [0.29, 0.717) is 11.5 Å². The highest BCUT2D eigenvalue weighted by Gasteiger charge is 2.03. The summed E-state index contributed by atoms with van der Waals surface area (Å²) in [5.41, 5.74) is 5.14. The minimum atomic E-state index is 0.581. The van der Waals surface area contributed by atoms with Crippen molar-refractivity contribution in [1.29, 1.82) is 0 Å². The van der Waals surface area contributed by atoms with Crippen LogP contribution in [0.25, 0.3) is 11.2 Å². The number of nitrogens with one attached hydrogen (secondary N) is 2. The van der Waals surface area contributed by atoms with Gasteiger partial charge in [0.2, 0.25) is 0 Å². The van der Waals surface area contributed by atoms with Crippen molar-refractivity contribution in [2.45, 2.75) is 0 Å². The van der Waals surface area contributed by atoms with Crippen molar-refractivity contribution in [2.75, 3.05) is 12.5 Å². The number of hydrazone groups is 1. The van der Waals surface area contributed by atoms with Crippen molar-refractivity contribution in [3.8, 4) is 5.75 Å². The van der Waals surface area contributed by atoms with E-state index in [9.17, 15) is 0 Å². The number of methoxy groups -OCH3 is 1. The number of H-pyrrole nitrogens is 1. The third-order valence-electron chi connectivity index (χ3n) is 2.72. The second-order valence-corrected chi connectivity index (χ2v) is 3.97. The second-order valence-electron chi connectivity index (χ2n) is 3.97. The minimum Gasteiger partial charge on any atom is -0.497 e. The van der Waals surface area contributed by atoms with E-state index in [4.69, 9.17) is 4.74 Å². The number of nitrogens with zero attached hydrogens (tertiary/aromatic N) is 4. The molecular weight excluding hydrogens is 256 g/mol. The van der Waals surface area contributed by atoms with E-state index < -0.39 is 0 Å². The lowest BCUT2D eigenvalue weighted by Gasteiger charge is -2.00. The standard InChI is InChI=1S/C13H12N6O/c1-20-10-4-2-9(3-5-10)6-18-19-13-11-12(15-7-14-11)16-8-17-13/h2-8H,1H3,(H2,14,15,16,17,19). The second kappa shape index (κ2) is 5.35. The fourth-order valence-corrected chi connectivity index (χ4v) is 1.71. The van der Waals surface area contributed by atoms with Gasteiger partial charge in [0.1, 0.15) is 17.6 Å². The Morgan fingerprint density at radius 3 is 2.85 bits per heavy atom. The van der Waals surface area contributed by atoms with Crippen molar-refractivity contribution in [3.63, 3.8) is 0 Å². The smallest absolute Gasteiger partial charge is 0.182 e. The van der Waals surface area contributed by atoms with E-state index >= 15 is 0 Å². The summed E-state index contributed by atoms with van der Waals surface area (Å²) in [5, 5.41) is 4.14. The van der Waals surface area contributed by atoms with Crippen LogP contribution in [0.3, 0.4) is 0 Å². The van der Waals surface area contributed by atoms with E-state index in [1.54, 1.807) is 19.7 Å². The van der Waals surface area contributed by atoms with E-state index in [1.807, 2.05) is 24.3 Å². The fraction of sp³-hybridized carbons (Fsp3) is 0.0769. The largest absolute Gasteiger partial charge is 0.497 e. The van der Waals surface area contributed by atoms with Gasteiger partial charge in [0, 0.05) is 0 Å². The number of rotatable bonds is 4. The van der Waals surface area contributed by atoms with Gasteiger partial charge in [-0.25, -0.2) is 15.0 Å². The number of aromatic amines is 1. The molecule has 0 aliphatic carbocycles. The summed E-state index contributed by atoms with van der Waals surface area (Å²) in [7, 11) is 1.63. The van der Waals surface area contributed by atoms with E-state index in [-0.39, 0.29) is 0 Å². The number of anilines is 1. The first-order valence-electron chi connectivity index (χ1n) is 5.94. The molecule has 0 fully saturated rings. The lowest BCUT2D eigenvalue weighted by Crippen LogP contribution is -1.95. The van der Waals surface area contributed by atoms with Gasteiger partial charge in [0.15, 0.2) is 11.5 Å². The topological polar surface area (TPSA) is 88.1 Å². The molecule has 3 aromatic rings. The maximum atomic E-state index is 5.09. The molecule has 0 saturated carbocycles. The number of imidazole rings is 1. The first-order chi connectivity index (χ1) is 9.86. The third-order valence-corrected chi connectivity index (χ3v) is 2.72. The van der Waals surface area contributed by atoms with Crippen LogP contribution in [-0.2, 0) is 0 Å². The van der Waals surface area contributed by atoms with Crippen molar-refractivity contribution in [2.24, 2.45) is 5.10 Å². The van der Waals surface area contributed by atoms with Crippen LogP contribution in [0.2, 0.25) is 0 Å². The monoisotopic (exact) mass is 268 g/mol. The molecule has 2 N–H and O–H groups in total. The number of benzene rings is 1. The fourth-order valence-electron chi connectivity index (χ4n) is 1.71. The summed E-state index contributed by atoms with van der Waals surface area (Å²) in [6.45, 7) is 0. The van der Waals surface area contributed by atoms with Crippen LogP contribution in [0.15, 0.2) is 42.0 Å². The van der Waals surface area contributed by atoms with Gasteiger partial charge >= 0.3 is 0 Å². The lowest BCUT2D eigenvalue weighted by molar-refractivity contribution is 0.415. The molecule has 0 aliphatic heterocycles. The molecular formula is C13H12N6O. The van der Waals surface area contributed by atoms with Crippen LogP contribution in [0.4, 0.5) is 5.82 Å². The zero-order valence-electron chi connectivity index (χ0n) is 10.7. The molecule has 0 spiro atoms. The summed E-state index contributed by atoms with van der Waals surface area (Å²) in [6.07, 6.45) is 4.70. The minimum absolute atomic E-state index is 0.581. The molecule has 7 nitrogen and oxygen atoms in total. The van der Waals surface area contributed by atoms with Crippen LogP contribution in [-0.4, -0.2) is 33.3 Å². The number of hydrogen-bond acceptors (Lipinski definition) is 6. The zero-order valence-corrected chi connectivity index (χ0v) is 10.7. The number of ether oxygens (including phenoxy) is 1. The molecule has 0 amide bonds. The summed E-state index contributed by atoms with van der Waals surface area (Å²) < 4.78 is 5.09. The predicted molar refractivity (Wildman–Crippen MR) is 75.9 cm³/mol. The molecule has 0 saturated heterocycles. The van der Waals surface area contributed by atoms with Gasteiger partial charge in [-0.15, -0.1) is 0 Å². The van der Waals surface area contributed by atoms with Crippen molar-refractivity contribution >= 4 is 23.2 Å². The molecule has 0 bridgehead atoms. The van der Waals surface area contributed by atoms with Gasteiger partial charge in [-0.05, 0) is 29.8 Å². The Labute approximate surface area is 114 Å². The lowest BCUT2D eigenvalue weighted by atomic mass is 10.2. The molecule has 1 aromatic carbocycles. The first-order valence-corrected chi connectivity index (χ1v) is 5.94. The maximum absolute atomic E-state index is 5.09. The van der Waals surface area contributed by atoms with E-state index in [0.717, 1.165) is 16.8 Å². The first kappa shape index (κ1) is 12.1. The van der Waals surface area contributed by atoms with Gasteiger partial charge in [-0.1, -0.05) is 0 Å². The van der Waals surface area contributed by atoms with Crippen LogP contribution in [0.5, 0.6) is 5.75 Å². The highest BCUT2D eigenvalue weighted by Crippen LogP contribution is 2.14. The molecule has 0 atom stereocenters. The van der Waals surface area contributed by atoms with Crippen LogP contribution >= 0.6 is 0 Å². The van der Waals surface area contributed by atoms with Gasteiger partial charge in [-0.3, -0.25) is 5.43 Å². The van der Waals surface area contributed by atoms with E-state index in [2.05, 4.69) is 30.5 Å². The molecule has 0 aliphatic rings. The summed E-state index contributed by atoms with van der Waals surface area (Å²) in [6, 6.07) is 7.57. The van der Waals surface area contributed by atoms with Gasteiger partial charge < -0.3 is 9.72 Å². The Balaban J connectivity index is 1.75. The van der Waals surface area contributed by atoms with Crippen LogP contribution in [0.1, 0.15) is 5.56 Å². The van der Waals surface area contributed by atoms with Crippen molar-refractivity contribution < 1.29 is 4.74 Å². The van der Waals surface area contributed by atoms with Crippen LogP contribution < -0.4 is 10.2 Å². The Kier molecular flexibility index (Phi) is 3.24. The van der Waals surface area contributed by atoms with E-state index in [1.165, 1.54) is 6.33 Å². The highest BCUT2D eigenvalue weighted by molar-refractivity contribution is 5.84. The number of fused-ring (bicyclic) bond motifs is 1. The van der Waals surface area contributed by atoms with Crippen molar-refractivity contribution in [1.82, 2.24) is 19.9 Å². The molecule has 7 heteroatoms. The third kappa shape index (κ3) is 2.41. The molecule has 0 unspecified atom stereocenters. The summed E-state index contributed by atoms with van der Waals surface area (Å²) >= 11 is 0. The average Bonchev–Trinajstić information content (AvgIpc) is 2.97. The average molecular weight is 268 g/mol. The molecule has 100 valence electrons. The number of aromatic nitrogens is 4. The zero-order chi connectivity index (χ0) is 13.8. The number of hydrogen-bond donors (Lipinski definition) is 2. The molecule has 2 aromatic heterocycles. The predicted octanol–water partition coefficient (Wildman–Crippen LogP) is 1.81. The quantitative estimate of drug-likeness (QED) is 0.556. The normalized spacial score (nSPS) is 11.1. The maximum Gasteiger partial charge on any atom is 0.182 e. The molecule has 0 radical (unpaired) electrons. The van der Waals surface area contributed by atoms with Crippen molar-refractivity contribution in [3.05, 3.63) is 42.5 Å². The van der Waals surface area contributed by atoms with Gasteiger partial charge in [0.05, 0.1) is 19.7 Å². The molecule has 3 rings (SSSR count). The Morgan fingerprint density at radius 1 is 1.20 bits per heavy atom.